The summed E-state index contributed by atoms with van der Waals surface area (Å²) >= 11 is 4.22. The van der Waals surface area contributed by atoms with Crippen LogP contribution in [0, 0.1) is 0 Å². The smallest absolute Gasteiger partial charge is 0.407 e. The first kappa shape index (κ1) is 18.6. The van der Waals surface area contributed by atoms with E-state index in [0.29, 0.717) is 19.5 Å². The number of ether oxygens (including phenoxy) is 1. The fourth-order valence-corrected chi connectivity index (χ4v) is 2.56. The molecule has 1 aliphatic heterocycles. The lowest BCUT2D eigenvalue weighted by Crippen LogP contribution is -2.43. The molecule has 1 unspecified atom stereocenters. The highest BCUT2D eigenvalue weighted by Gasteiger charge is 2.35. The third-order valence-electron chi connectivity index (χ3n) is 3.12. The first-order valence-corrected chi connectivity index (χ1v) is 7.79. The molecule has 2 atom stereocenters. The van der Waals surface area contributed by atoms with E-state index in [1.807, 2.05) is 0 Å². The number of carbonyl (C=O) groups is 3. The van der Waals surface area contributed by atoms with Crippen LogP contribution in [0.4, 0.5) is 4.79 Å². The Labute approximate surface area is 135 Å². The zero-order valence-corrected chi connectivity index (χ0v) is 14.1. The second-order valence-electron chi connectivity index (χ2n) is 6.33. The number of rotatable bonds is 6. The van der Waals surface area contributed by atoms with Gasteiger partial charge in [-0.15, -0.1) is 0 Å². The third-order valence-corrected chi connectivity index (χ3v) is 3.47. The number of nitrogens with one attached hydrogen (secondary N) is 1. The highest BCUT2D eigenvalue weighted by atomic mass is 32.1. The Morgan fingerprint density at radius 1 is 1.50 bits per heavy atom. The van der Waals surface area contributed by atoms with Crippen LogP contribution in [0.2, 0.25) is 0 Å². The van der Waals surface area contributed by atoms with Crippen LogP contribution in [0.3, 0.4) is 0 Å². The number of alkyl carbamates (subject to hydrolysis) is 1. The summed E-state index contributed by atoms with van der Waals surface area (Å²) in [6.07, 6.45) is 0.449. The summed E-state index contributed by atoms with van der Waals surface area (Å²) < 4.78 is 5.08. The molecular weight excluding hydrogens is 308 g/mol. The number of carboxylic acid groups (broad SMARTS) is 1. The molecule has 1 fully saturated rings. The molecule has 1 saturated heterocycles. The summed E-state index contributed by atoms with van der Waals surface area (Å²) in [5, 5.41) is 11.7. The molecule has 2 amide bonds. The maximum absolute atomic E-state index is 11.8. The Kier molecular flexibility index (Phi) is 6.52. The van der Waals surface area contributed by atoms with Gasteiger partial charge in [-0.05, 0) is 33.6 Å². The third kappa shape index (κ3) is 6.13. The van der Waals surface area contributed by atoms with Gasteiger partial charge in [0.25, 0.3) is 0 Å². The zero-order chi connectivity index (χ0) is 16.9. The Morgan fingerprint density at radius 3 is 2.59 bits per heavy atom. The number of likely N-dealkylation sites (tertiary alicyclic amines) is 1. The van der Waals surface area contributed by atoms with Crippen molar-refractivity contribution in [1.29, 1.82) is 0 Å². The van der Waals surface area contributed by atoms with Crippen LogP contribution in [0.15, 0.2) is 0 Å². The van der Waals surface area contributed by atoms with Crippen LogP contribution in [-0.2, 0) is 14.3 Å². The summed E-state index contributed by atoms with van der Waals surface area (Å²) in [5.74, 6) is -1.22. The minimum atomic E-state index is -1.03. The molecule has 0 saturated carbocycles. The van der Waals surface area contributed by atoms with Gasteiger partial charge in [-0.2, -0.15) is 12.6 Å². The molecule has 0 bridgehead atoms. The predicted octanol–water partition coefficient (Wildman–Crippen LogP) is 1.28. The molecule has 1 heterocycles. The zero-order valence-electron chi connectivity index (χ0n) is 13.2. The Bertz CT molecular complexity index is 435. The molecule has 2 N–H and O–H groups in total. The number of carboxylic acids is 1. The van der Waals surface area contributed by atoms with E-state index in [-0.39, 0.29) is 24.0 Å². The first-order valence-electron chi connectivity index (χ1n) is 7.27. The molecule has 1 rings (SSSR count). The van der Waals surface area contributed by atoms with Crippen molar-refractivity contribution in [2.45, 2.75) is 56.9 Å². The van der Waals surface area contributed by atoms with E-state index in [1.54, 1.807) is 20.8 Å². The summed E-state index contributed by atoms with van der Waals surface area (Å²) in [4.78, 5) is 35.9. The highest BCUT2D eigenvalue weighted by Crippen LogP contribution is 2.21. The topological polar surface area (TPSA) is 95.9 Å². The van der Waals surface area contributed by atoms with Gasteiger partial charge < -0.3 is 20.1 Å². The van der Waals surface area contributed by atoms with E-state index < -0.39 is 23.7 Å². The molecule has 22 heavy (non-hydrogen) atoms. The second-order valence-corrected chi connectivity index (χ2v) is 7.06. The van der Waals surface area contributed by atoms with Gasteiger partial charge >= 0.3 is 12.1 Å². The molecule has 8 heteroatoms. The Balaban J connectivity index is 2.39. The number of carbonyl (C=O) groups excluding carboxylic acids is 2. The van der Waals surface area contributed by atoms with Crippen LogP contribution in [0.1, 0.15) is 40.0 Å². The normalized spacial score (nSPS) is 19.9. The van der Waals surface area contributed by atoms with Crippen LogP contribution < -0.4 is 5.32 Å². The van der Waals surface area contributed by atoms with Crippen LogP contribution in [0.25, 0.3) is 0 Å². The lowest BCUT2D eigenvalue weighted by atomic mass is 10.1. The largest absolute Gasteiger partial charge is 0.480 e. The predicted molar refractivity (Wildman–Crippen MR) is 84.0 cm³/mol. The van der Waals surface area contributed by atoms with Crippen molar-refractivity contribution in [3.63, 3.8) is 0 Å². The van der Waals surface area contributed by atoms with Gasteiger partial charge in [0.15, 0.2) is 0 Å². The van der Waals surface area contributed by atoms with Crippen LogP contribution >= 0.6 is 12.6 Å². The lowest BCUT2D eigenvalue weighted by molar-refractivity contribution is -0.148. The molecule has 0 aliphatic carbocycles. The van der Waals surface area contributed by atoms with Crippen LogP contribution in [-0.4, -0.2) is 58.0 Å². The summed E-state index contributed by atoms with van der Waals surface area (Å²) in [5.41, 5.74) is -0.572. The Hall–Kier alpha value is -1.44. The van der Waals surface area contributed by atoms with E-state index in [2.05, 4.69) is 17.9 Å². The molecule has 0 aromatic rings. The number of hydrogen-bond acceptors (Lipinski definition) is 5. The fraction of sp³-hybridized carbons (Fsp3) is 0.786. The quantitative estimate of drug-likeness (QED) is 0.503. The summed E-state index contributed by atoms with van der Waals surface area (Å²) in [6, 6.07) is -0.870. The van der Waals surface area contributed by atoms with Gasteiger partial charge in [0.2, 0.25) is 5.91 Å². The molecule has 7 nitrogen and oxygen atoms in total. The minimum Gasteiger partial charge on any atom is -0.480 e. The number of thiol groups is 1. The number of nitrogens with zero attached hydrogens (tertiary/aromatic N) is 1. The first-order chi connectivity index (χ1) is 10.1. The molecule has 0 spiro atoms. The molecule has 0 aromatic heterocycles. The highest BCUT2D eigenvalue weighted by molar-refractivity contribution is 7.81. The van der Waals surface area contributed by atoms with Gasteiger partial charge in [0.1, 0.15) is 11.6 Å². The number of amides is 2. The van der Waals surface area contributed by atoms with Crippen molar-refractivity contribution < 1.29 is 24.2 Å². The van der Waals surface area contributed by atoms with Crippen molar-refractivity contribution in [2.24, 2.45) is 0 Å². The maximum Gasteiger partial charge on any atom is 0.407 e. The van der Waals surface area contributed by atoms with Crippen molar-refractivity contribution in [2.75, 3.05) is 13.1 Å². The van der Waals surface area contributed by atoms with E-state index in [4.69, 9.17) is 4.74 Å². The molecular formula is C14H24N2O5S. The van der Waals surface area contributed by atoms with Gasteiger partial charge in [-0.25, -0.2) is 9.59 Å². The van der Waals surface area contributed by atoms with Crippen molar-refractivity contribution in [3.8, 4) is 0 Å². The van der Waals surface area contributed by atoms with E-state index in [9.17, 15) is 19.5 Å². The number of aliphatic carboxylic acids is 1. The molecule has 0 aromatic carbocycles. The van der Waals surface area contributed by atoms with E-state index >= 15 is 0 Å². The minimum absolute atomic E-state index is 0.116. The molecule has 0 radical (unpaired) electrons. The average Bonchev–Trinajstić information content (AvgIpc) is 2.65. The average molecular weight is 332 g/mol. The number of hydrogen-bond donors (Lipinski definition) is 3. The summed E-state index contributed by atoms with van der Waals surface area (Å²) in [7, 11) is 0. The standard InChI is InChI=1S/C14H24N2O5S/c1-14(2,3)21-13(20)15-6-4-5-10(12(18)19)16-8-9(22)7-11(16)17/h9-10,22H,4-8H2,1-3H3,(H,15,20)(H,18,19)/t9?,10-/m0/s1. The second kappa shape index (κ2) is 7.71. The van der Waals surface area contributed by atoms with E-state index in [1.165, 1.54) is 4.90 Å². The Morgan fingerprint density at radius 2 is 2.14 bits per heavy atom. The molecule has 126 valence electrons. The van der Waals surface area contributed by atoms with Gasteiger partial charge in [-0.3, -0.25) is 4.79 Å². The van der Waals surface area contributed by atoms with Crippen molar-refractivity contribution in [3.05, 3.63) is 0 Å². The maximum atomic E-state index is 11.8. The van der Waals surface area contributed by atoms with Gasteiger partial charge in [0, 0.05) is 24.8 Å². The van der Waals surface area contributed by atoms with Crippen molar-refractivity contribution in [1.82, 2.24) is 10.2 Å². The van der Waals surface area contributed by atoms with Crippen molar-refractivity contribution >= 4 is 30.6 Å². The SMILES string of the molecule is CC(C)(C)OC(=O)NCCC[C@@H](C(=O)O)N1CC(S)CC1=O. The lowest BCUT2D eigenvalue weighted by Gasteiger charge is -2.24. The van der Waals surface area contributed by atoms with E-state index in [0.717, 1.165) is 0 Å². The monoisotopic (exact) mass is 332 g/mol. The van der Waals surface area contributed by atoms with Gasteiger partial charge in [0.05, 0.1) is 0 Å². The summed E-state index contributed by atoms with van der Waals surface area (Å²) in [6.45, 7) is 5.93. The fourth-order valence-electron chi connectivity index (χ4n) is 2.23. The van der Waals surface area contributed by atoms with Crippen LogP contribution in [0.5, 0.6) is 0 Å². The van der Waals surface area contributed by atoms with Gasteiger partial charge in [-0.1, -0.05) is 0 Å². The molecule has 1 aliphatic rings.